The average Bonchev–Trinajstić information content (AvgIpc) is 3.40. The SMILES string of the molecule is CCNC(=O)[C@H]1O[C@@H](n2cnc3c(N)nc(NCCc4ccc(CCC(C)=O)cc4)nc32)[C@H](O)[C@@H]1O. The van der Waals surface area contributed by atoms with Gasteiger partial charge < -0.3 is 36.1 Å². The average molecular weight is 498 g/mol. The highest BCUT2D eigenvalue weighted by Gasteiger charge is 2.47. The van der Waals surface area contributed by atoms with Crippen molar-refractivity contribution in [3.8, 4) is 0 Å². The van der Waals surface area contributed by atoms with Crippen LogP contribution >= 0.6 is 0 Å². The Hall–Kier alpha value is -3.61. The first-order valence-corrected chi connectivity index (χ1v) is 11.9. The predicted octanol–water partition coefficient (Wildman–Crippen LogP) is 0.340. The molecule has 0 saturated carbocycles. The molecule has 2 aromatic heterocycles. The van der Waals surface area contributed by atoms with Crippen molar-refractivity contribution in [3.63, 3.8) is 0 Å². The van der Waals surface area contributed by atoms with E-state index in [1.165, 1.54) is 10.9 Å². The number of nitrogens with zero attached hydrogens (tertiary/aromatic N) is 4. The summed E-state index contributed by atoms with van der Waals surface area (Å²) in [6, 6.07) is 8.10. The summed E-state index contributed by atoms with van der Waals surface area (Å²) in [5.41, 5.74) is 8.93. The molecule has 0 radical (unpaired) electrons. The lowest BCUT2D eigenvalue weighted by molar-refractivity contribution is -0.137. The molecule has 0 aliphatic carbocycles. The Morgan fingerprint density at radius 3 is 2.47 bits per heavy atom. The molecule has 12 nitrogen and oxygen atoms in total. The molecule has 1 fully saturated rings. The number of anilines is 2. The molecule has 192 valence electrons. The van der Waals surface area contributed by atoms with E-state index in [2.05, 4.69) is 25.6 Å². The molecule has 4 rings (SSSR count). The molecule has 12 heteroatoms. The van der Waals surface area contributed by atoms with Gasteiger partial charge >= 0.3 is 0 Å². The molecule has 3 aromatic rings. The van der Waals surface area contributed by atoms with Crippen molar-refractivity contribution >= 4 is 34.6 Å². The van der Waals surface area contributed by atoms with Gasteiger partial charge in [0.05, 0.1) is 6.33 Å². The normalized spacial score (nSPS) is 21.6. The summed E-state index contributed by atoms with van der Waals surface area (Å²) < 4.78 is 7.12. The number of fused-ring (bicyclic) bond motifs is 1. The lowest BCUT2D eigenvalue weighted by Crippen LogP contribution is -2.42. The van der Waals surface area contributed by atoms with Crippen LogP contribution < -0.4 is 16.4 Å². The number of rotatable bonds is 10. The number of ketones is 1. The molecule has 0 unspecified atom stereocenters. The van der Waals surface area contributed by atoms with Crippen LogP contribution in [0.5, 0.6) is 0 Å². The molecule has 4 atom stereocenters. The predicted molar refractivity (Wildman–Crippen MR) is 132 cm³/mol. The van der Waals surface area contributed by atoms with E-state index in [9.17, 15) is 19.8 Å². The number of carbonyl (C=O) groups excluding carboxylic acids is 2. The highest BCUT2D eigenvalue weighted by molar-refractivity contribution is 5.83. The molecule has 0 spiro atoms. The van der Waals surface area contributed by atoms with E-state index in [1.54, 1.807) is 13.8 Å². The fourth-order valence-corrected chi connectivity index (χ4v) is 4.10. The summed E-state index contributed by atoms with van der Waals surface area (Å²) in [4.78, 5) is 36.3. The molecule has 3 heterocycles. The number of nitrogens with two attached hydrogens (primary N) is 1. The second kappa shape index (κ2) is 11.0. The zero-order valence-corrected chi connectivity index (χ0v) is 20.2. The second-order valence-corrected chi connectivity index (χ2v) is 8.77. The first-order chi connectivity index (χ1) is 17.3. The number of nitrogens with one attached hydrogen (secondary N) is 2. The zero-order valence-electron chi connectivity index (χ0n) is 20.2. The topological polar surface area (TPSA) is 178 Å². The van der Waals surface area contributed by atoms with Crippen molar-refractivity contribution in [1.82, 2.24) is 24.8 Å². The van der Waals surface area contributed by atoms with Gasteiger partial charge in [0, 0.05) is 19.5 Å². The van der Waals surface area contributed by atoms with Crippen molar-refractivity contribution in [1.29, 1.82) is 0 Å². The fourth-order valence-electron chi connectivity index (χ4n) is 4.10. The van der Waals surface area contributed by atoms with Crippen LogP contribution in [0.3, 0.4) is 0 Å². The van der Waals surface area contributed by atoms with Crippen LogP contribution in [-0.2, 0) is 27.2 Å². The van der Waals surface area contributed by atoms with E-state index in [1.807, 2.05) is 24.3 Å². The number of Topliss-reactive ketones (excluding diaryl/α,β-unsaturated/α-hetero) is 1. The molecule has 36 heavy (non-hydrogen) atoms. The van der Waals surface area contributed by atoms with Crippen molar-refractivity contribution in [3.05, 3.63) is 41.7 Å². The number of ether oxygens (including phenoxy) is 1. The van der Waals surface area contributed by atoms with Crippen molar-refractivity contribution < 1.29 is 24.5 Å². The molecule has 0 bridgehead atoms. The van der Waals surface area contributed by atoms with Crippen molar-refractivity contribution in [2.45, 2.75) is 57.6 Å². The van der Waals surface area contributed by atoms with Gasteiger partial charge in [-0.1, -0.05) is 24.3 Å². The largest absolute Gasteiger partial charge is 0.387 e. The third-order valence-electron chi connectivity index (χ3n) is 6.06. The third kappa shape index (κ3) is 5.45. The summed E-state index contributed by atoms with van der Waals surface area (Å²) in [6.45, 7) is 4.24. The zero-order chi connectivity index (χ0) is 25.8. The van der Waals surface area contributed by atoms with Crippen LogP contribution in [0.1, 0.15) is 37.6 Å². The number of likely N-dealkylation sites (N-methyl/N-ethyl adjacent to an activating group) is 1. The number of carbonyl (C=O) groups is 2. The van der Waals surface area contributed by atoms with Crippen LogP contribution in [0.25, 0.3) is 11.2 Å². The highest BCUT2D eigenvalue weighted by Crippen LogP contribution is 2.32. The van der Waals surface area contributed by atoms with Crippen molar-refractivity contribution in [2.75, 3.05) is 24.1 Å². The van der Waals surface area contributed by atoms with E-state index < -0.39 is 30.4 Å². The summed E-state index contributed by atoms with van der Waals surface area (Å²) in [7, 11) is 0. The highest BCUT2D eigenvalue weighted by atomic mass is 16.6. The Kier molecular flexibility index (Phi) is 7.77. The smallest absolute Gasteiger partial charge is 0.252 e. The molecule has 1 aliphatic rings. The maximum absolute atomic E-state index is 12.2. The lowest BCUT2D eigenvalue weighted by atomic mass is 10.0. The number of nitrogen functional groups attached to an aromatic ring is 1. The number of aliphatic hydroxyl groups is 2. The Labute approximate surface area is 207 Å². The van der Waals surface area contributed by atoms with Gasteiger partial charge in [-0.3, -0.25) is 9.36 Å². The first kappa shape index (κ1) is 25.5. The monoisotopic (exact) mass is 497 g/mol. The van der Waals surface area contributed by atoms with E-state index in [0.717, 1.165) is 17.5 Å². The van der Waals surface area contributed by atoms with E-state index in [4.69, 9.17) is 10.5 Å². The Morgan fingerprint density at radius 2 is 1.81 bits per heavy atom. The van der Waals surface area contributed by atoms with Crippen LogP contribution in [0, 0.1) is 0 Å². The van der Waals surface area contributed by atoms with E-state index in [0.29, 0.717) is 37.1 Å². The maximum Gasteiger partial charge on any atom is 0.252 e. The maximum atomic E-state index is 12.2. The number of aliphatic hydroxyl groups excluding tert-OH is 2. The molecular formula is C24H31N7O5. The minimum atomic E-state index is -1.41. The summed E-state index contributed by atoms with van der Waals surface area (Å²) in [6.07, 6.45) is -1.74. The minimum Gasteiger partial charge on any atom is -0.387 e. The fraction of sp³-hybridized carbons (Fsp3) is 0.458. The number of imidazole rings is 1. The lowest BCUT2D eigenvalue weighted by Gasteiger charge is -2.16. The van der Waals surface area contributed by atoms with Crippen LogP contribution in [0.2, 0.25) is 0 Å². The number of hydrogen-bond acceptors (Lipinski definition) is 10. The number of hydrogen-bond donors (Lipinski definition) is 5. The Bertz CT molecular complexity index is 1230. The van der Waals surface area contributed by atoms with Gasteiger partial charge in [-0.15, -0.1) is 0 Å². The van der Waals surface area contributed by atoms with Crippen LogP contribution in [0.15, 0.2) is 30.6 Å². The standard InChI is InChI=1S/C24H31N7O5/c1-3-26-22(35)19-17(33)18(34)23(36-19)31-12-28-16-20(25)29-24(30-21(16)31)27-11-10-15-8-6-14(7-9-15)5-4-13(2)32/h6-9,12,17-19,23,33-34H,3-5,10-11H2,1-2H3,(H,26,35)(H3,25,27,29,30)/t17-,18+,19-,23+/m0/s1. The first-order valence-electron chi connectivity index (χ1n) is 11.9. The van der Waals surface area contributed by atoms with Crippen LogP contribution in [0.4, 0.5) is 11.8 Å². The molecular weight excluding hydrogens is 466 g/mol. The van der Waals surface area contributed by atoms with Gasteiger partial charge in [0.25, 0.3) is 5.91 Å². The van der Waals surface area contributed by atoms with Gasteiger partial charge in [-0.05, 0) is 37.8 Å². The number of aromatic nitrogens is 4. The molecule has 1 amide bonds. The quantitative estimate of drug-likeness (QED) is 0.262. The van der Waals surface area contributed by atoms with Gasteiger partial charge in [0.1, 0.15) is 23.5 Å². The summed E-state index contributed by atoms with van der Waals surface area (Å²) >= 11 is 0. The summed E-state index contributed by atoms with van der Waals surface area (Å²) in [5, 5.41) is 26.6. The molecule has 6 N–H and O–H groups in total. The number of amides is 1. The van der Waals surface area contributed by atoms with E-state index in [-0.39, 0.29) is 17.5 Å². The second-order valence-electron chi connectivity index (χ2n) is 8.77. The van der Waals surface area contributed by atoms with Gasteiger partial charge in [-0.25, -0.2) is 4.98 Å². The molecule has 1 aliphatic heterocycles. The summed E-state index contributed by atoms with van der Waals surface area (Å²) in [5.74, 6) is 0.0738. The van der Waals surface area contributed by atoms with Crippen LogP contribution in [-0.4, -0.2) is 72.8 Å². The number of benzene rings is 1. The minimum absolute atomic E-state index is 0.143. The Morgan fingerprint density at radius 1 is 1.11 bits per heavy atom. The molecule has 1 aromatic carbocycles. The van der Waals surface area contributed by atoms with Gasteiger partial charge in [0.2, 0.25) is 5.95 Å². The van der Waals surface area contributed by atoms with E-state index >= 15 is 0 Å². The Balaban J connectivity index is 1.45. The third-order valence-corrected chi connectivity index (χ3v) is 6.06. The van der Waals surface area contributed by atoms with Crippen molar-refractivity contribution in [2.24, 2.45) is 0 Å². The number of aryl methyl sites for hydroxylation is 1. The molecule has 1 saturated heterocycles. The van der Waals surface area contributed by atoms with Gasteiger partial charge in [-0.2, -0.15) is 9.97 Å². The van der Waals surface area contributed by atoms with Gasteiger partial charge in [0.15, 0.2) is 23.8 Å².